The lowest BCUT2D eigenvalue weighted by Crippen LogP contribution is -1.99. The number of hydrogen-bond acceptors (Lipinski definition) is 5. The second-order valence-electron chi connectivity index (χ2n) is 5.59. The maximum absolute atomic E-state index is 5.79. The van der Waals surface area contributed by atoms with Crippen molar-refractivity contribution in [1.82, 2.24) is 9.97 Å². The van der Waals surface area contributed by atoms with Gasteiger partial charge in [0.05, 0.1) is 17.5 Å². The van der Waals surface area contributed by atoms with Gasteiger partial charge in [-0.15, -0.1) is 0 Å². The van der Waals surface area contributed by atoms with E-state index in [9.17, 15) is 0 Å². The van der Waals surface area contributed by atoms with Gasteiger partial charge in [-0.25, -0.2) is 9.97 Å². The fraction of sp³-hybridized carbons (Fsp3) is 0.0476. The van der Waals surface area contributed by atoms with Gasteiger partial charge in [-0.1, -0.05) is 30.4 Å². The molecule has 0 unspecified atom stereocenters. The molecule has 0 spiro atoms. The number of rotatable bonds is 0. The first-order chi connectivity index (χ1) is 12.9. The van der Waals surface area contributed by atoms with Crippen LogP contribution in [0.5, 0.6) is 11.5 Å². The fourth-order valence-electron chi connectivity index (χ4n) is 2.59. The van der Waals surface area contributed by atoms with Crippen LogP contribution in [0.1, 0.15) is 0 Å². The van der Waals surface area contributed by atoms with Gasteiger partial charge in [0.1, 0.15) is 30.3 Å². The molecule has 0 atom stereocenters. The molecule has 1 N–H and O–H groups in total. The summed E-state index contributed by atoms with van der Waals surface area (Å²) in [6.45, 7) is 0.481. The highest BCUT2D eigenvalue weighted by molar-refractivity contribution is 5.92. The van der Waals surface area contributed by atoms with E-state index in [0.29, 0.717) is 18.2 Å². The lowest BCUT2D eigenvalue weighted by Gasteiger charge is -2.12. The summed E-state index contributed by atoms with van der Waals surface area (Å²) in [5, 5.41) is 4.22. The molecular weight excluding hydrogens is 326 g/mol. The smallest absolute Gasteiger partial charge is 0.149 e. The Morgan fingerprint density at radius 1 is 0.923 bits per heavy atom. The minimum atomic E-state index is 0.481. The molecule has 3 aromatic rings. The Labute approximate surface area is 151 Å². The maximum atomic E-state index is 5.79. The van der Waals surface area contributed by atoms with Gasteiger partial charge in [0.2, 0.25) is 0 Å². The van der Waals surface area contributed by atoms with Gasteiger partial charge in [0.25, 0.3) is 0 Å². The lowest BCUT2D eigenvalue weighted by molar-refractivity contribution is 0.363. The molecule has 0 saturated heterocycles. The number of hydrogen-bond donors (Lipinski definition) is 1. The number of ether oxygens (including phenoxy) is 2. The first-order valence-electron chi connectivity index (χ1n) is 8.29. The van der Waals surface area contributed by atoms with Crippen molar-refractivity contribution in [2.24, 2.45) is 0 Å². The number of para-hydroxylation sites is 2. The van der Waals surface area contributed by atoms with Crippen molar-refractivity contribution in [3.05, 3.63) is 85.4 Å². The molecule has 1 aliphatic rings. The number of nitrogens with one attached hydrogen (secondary N) is 1. The molecule has 0 amide bonds. The molecule has 1 aromatic heterocycles. The summed E-state index contributed by atoms with van der Waals surface area (Å²) >= 11 is 0. The van der Waals surface area contributed by atoms with Gasteiger partial charge in [-0.05, 0) is 42.5 Å². The molecule has 2 bridgehead atoms. The summed E-state index contributed by atoms with van der Waals surface area (Å²) < 4.78 is 11.5. The maximum Gasteiger partial charge on any atom is 0.149 e. The lowest BCUT2D eigenvalue weighted by atomic mass is 10.2. The molecule has 5 nitrogen and oxygen atoms in total. The first kappa shape index (κ1) is 15.9. The fourth-order valence-corrected chi connectivity index (χ4v) is 2.59. The largest absolute Gasteiger partial charge is 0.490 e. The molecule has 0 saturated carbocycles. The van der Waals surface area contributed by atoms with Crippen LogP contribution in [0, 0.1) is 0 Å². The Bertz CT molecular complexity index is 1010. The van der Waals surface area contributed by atoms with E-state index < -0.39 is 0 Å². The van der Waals surface area contributed by atoms with E-state index in [-0.39, 0.29) is 0 Å². The third kappa shape index (κ3) is 3.57. The number of fused-ring (bicyclic) bond motifs is 2. The topological polar surface area (TPSA) is 56.3 Å². The summed E-state index contributed by atoms with van der Waals surface area (Å²) in [6.07, 6.45) is 12.7. The molecule has 2 aromatic carbocycles. The quantitative estimate of drug-likeness (QED) is 0.637. The summed E-state index contributed by atoms with van der Waals surface area (Å²) in [5.41, 5.74) is 1.66. The van der Waals surface area contributed by atoms with Crippen molar-refractivity contribution >= 4 is 22.4 Å². The van der Waals surface area contributed by atoms with Gasteiger partial charge in [-0.3, -0.25) is 0 Å². The van der Waals surface area contributed by atoms with Crippen LogP contribution in [-0.2, 0) is 0 Å². The summed E-state index contributed by atoms with van der Waals surface area (Å²) in [6, 6.07) is 13.5. The van der Waals surface area contributed by atoms with Crippen LogP contribution in [0.25, 0.3) is 10.9 Å². The zero-order chi connectivity index (χ0) is 17.6. The Morgan fingerprint density at radius 3 is 2.85 bits per heavy atom. The van der Waals surface area contributed by atoms with E-state index in [0.717, 1.165) is 22.3 Å². The number of nitrogens with zero attached hydrogens (tertiary/aromatic N) is 2. The van der Waals surface area contributed by atoms with Crippen molar-refractivity contribution in [1.29, 1.82) is 0 Å². The molecule has 26 heavy (non-hydrogen) atoms. The van der Waals surface area contributed by atoms with Crippen LogP contribution in [0.4, 0.5) is 11.5 Å². The number of anilines is 2. The highest BCUT2D eigenvalue weighted by Gasteiger charge is 2.09. The van der Waals surface area contributed by atoms with E-state index in [1.165, 1.54) is 0 Å². The zero-order valence-corrected chi connectivity index (χ0v) is 14.0. The molecule has 1 aliphatic heterocycles. The Kier molecular flexibility index (Phi) is 4.60. The molecular formula is C21H17N3O2. The Balaban J connectivity index is 1.80. The third-order valence-electron chi connectivity index (χ3n) is 3.84. The second kappa shape index (κ2) is 7.53. The third-order valence-corrected chi connectivity index (χ3v) is 3.84. The van der Waals surface area contributed by atoms with Crippen molar-refractivity contribution in [3.8, 4) is 11.5 Å². The van der Waals surface area contributed by atoms with Crippen molar-refractivity contribution < 1.29 is 9.47 Å². The van der Waals surface area contributed by atoms with Crippen molar-refractivity contribution in [2.75, 3.05) is 11.9 Å². The molecule has 128 valence electrons. The van der Waals surface area contributed by atoms with Gasteiger partial charge in [0, 0.05) is 5.39 Å². The van der Waals surface area contributed by atoms with Gasteiger partial charge < -0.3 is 14.8 Å². The molecule has 0 radical (unpaired) electrons. The van der Waals surface area contributed by atoms with Crippen molar-refractivity contribution in [3.63, 3.8) is 0 Å². The van der Waals surface area contributed by atoms with Crippen LogP contribution in [0.15, 0.2) is 85.4 Å². The van der Waals surface area contributed by atoms with Crippen LogP contribution >= 0.6 is 0 Å². The molecule has 4 rings (SSSR count). The molecule has 0 fully saturated rings. The SMILES string of the molecule is C1=C\Oc2ccccc2Nc2ncnc3ccc(cc23)OC/C=C/C=C/1. The van der Waals surface area contributed by atoms with Crippen molar-refractivity contribution in [2.45, 2.75) is 0 Å². The number of benzene rings is 2. The van der Waals surface area contributed by atoms with E-state index >= 15 is 0 Å². The van der Waals surface area contributed by atoms with Gasteiger partial charge in [0.15, 0.2) is 0 Å². The summed E-state index contributed by atoms with van der Waals surface area (Å²) in [7, 11) is 0. The monoisotopic (exact) mass is 343 g/mol. The molecule has 2 heterocycles. The Morgan fingerprint density at radius 2 is 1.85 bits per heavy atom. The number of aromatic nitrogens is 2. The predicted octanol–water partition coefficient (Wildman–Crippen LogP) is 4.77. The summed E-state index contributed by atoms with van der Waals surface area (Å²) in [5.74, 6) is 2.17. The standard InChI is InChI=1S/C21H17N3O2/c1-2-6-12-25-16-10-11-18-17(14-16)21(23-15-22-18)24-19-8-4-5-9-20(19)26-13-7-3-1/h1-11,13-15H,12H2,(H,22,23,24)/b3-1+,6-2+,13-7-. The highest BCUT2D eigenvalue weighted by atomic mass is 16.5. The van der Waals surface area contributed by atoms with E-state index in [1.807, 2.05) is 72.8 Å². The zero-order valence-electron chi connectivity index (χ0n) is 14.0. The highest BCUT2D eigenvalue weighted by Crippen LogP contribution is 2.31. The normalized spacial score (nSPS) is 17.4. The summed E-state index contributed by atoms with van der Waals surface area (Å²) in [4.78, 5) is 8.73. The van der Waals surface area contributed by atoms with Crippen LogP contribution in [0.2, 0.25) is 0 Å². The minimum absolute atomic E-state index is 0.481. The van der Waals surface area contributed by atoms with Gasteiger partial charge in [-0.2, -0.15) is 0 Å². The number of allylic oxidation sites excluding steroid dienone is 4. The van der Waals surface area contributed by atoms with E-state index in [1.54, 1.807) is 12.6 Å². The van der Waals surface area contributed by atoms with Gasteiger partial charge >= 0.3 is 0 Å². The minimum Gasteiger partial charge on any atom is -0.490 e. The molecule has 5 heteroatoms. The van der Waals surface area contributed by atoms with Crippen LogP contribution < -0.4 is 14.8 Å². The van der Waals surface area contributed by atoms with Crippen LogP contribution in [-0.4, -0.2) is 16.6 Å². The average molecular weight is 343 g/mol. The van der Waals surface area contributed by atoms with E-state index in [4.69, 9.17) is 9.47 Å². The second-order valence-corrected chi connectivity index (χ2v) is 5.59. The first-order valence-corrected chi connectivity index (χ1v) is 8.29. The molecule has 0 aliphatic carbocycles. The predicted molar refractivity (Wildman–Crippen MR) is 103 cm³/mol. The Hall–Kier alpha value is -3.60. The van der Waals surface area contributed by atoms with Crippen LogP contribution in [0.3, 0.4) is 0 Å². The van der Waals surface area contributed by atoms with E-state index in [2.05, 4.69) is 15.3 Å². The average Bonchev–Trinajstić information content (AvgIpc) is 2.67.